The van der Waals surface area contributed by atoms with Crippen LogP contribution >= 0.6 is 0 Å². The Morgan fingerprint density at radius 1 is 1.29 bits per heavy atom. The lowest BCUT2D eigenvalue weighted by Gasteiger charge is -2.21. The van der Waals surface area contributed by atoms with E-state index in [2.05, 4.69) is 5.32 Å². The molecular formula is C17H28N2O2. The Hall–Kier alpha value is -1.55. The maximum Gasteiger partial charge on any atom is 0.220 e. The summed E-state index contributed by atoms with van der Waals surface area (Å²) in [4.78, 5) is 12.0. The third-order valence-corrected chi connectivity index (χ3v) is 3.12. The molecular weight excluding hydrogens is 264 g/mol. The molecule has 0 saturated carbocycles. The van der Waals surface area contributed by atoms with Gasteiger partial charge >= 0.3 is 0 Å². The molecule has 0 radical (unpaired) electrons. The van der Waals surface area contributed by atoms with E-state index in [0.29, 0.717) is 12.8 Å². The van der Waals surface area contributed by atoms with Gasteiger partial charge in [-0.15, -0.1) is 0 Å². The second-order valence-electron chi connectivity index (χ2n) is 6.48. The fraction of sp³-hybridized carbons (Fsp3) is 0.588. The van der Waals surface area contributed by atoms with E-state index in [1.165, 1.54) is 0 Å². The summed E-state index contributed by atoms with van der Waals surface area (Å²) in [5.74, 6) is 0.833. The van der Waals surface area contributed by atoms with Gasteiger partial charge in [-0.05, 0) is 47.1 Å². The molecule has 0 aliphatic carbocycles. The van der Waals surface area contributed by atoms with Crippen molar-refractivity contribution in [1.82, 2.24) is 5.32 Å². The SMILES string of the molecule is CC(C)Oc1ccccc1C(C)NC(=O)CCC(C)(C)N. The first-order valence-electron chi connectivity index (χ1n) is 7.53. The average molecular weight is 292 g/mol. The minimum Gasteiger partial charge on any atom is -0.491 e. The number of amides is 1. The van der Waals surface area contributed by atoms with Crippen molar-refractivity contribution in [2.75, 3.05) is 0 Å². The number of nitrogens with two attached hydrogens (primary N) is 1. The monoisotopic (exact) mass is 292 g/mol. The summed E-state index contributed by atoms with van der Waals surface area (Å²) in [6.07, 6.45) is 1.20. The topological polar surface area (TPSA) is 64.3 Å². The normalized spacial score (nSPS) is 13.1. The van der Waals surface area contributed by atoms with Gasteiger partial charge in [0.05, 0.1) is 12.1 Å². The lowest BCUT2D eigenvalue weighted by atomic mass is 9.99. The first-order valence-corrected chi connectivity index (χ1v) is 7.53. The van der Waals surface area contributed by atoms with Gasteiger partial charge < -0.3 is 15.8 Å². The molecule has 0 fully saturated rings. The van der Waals surface area contributed by atoms with Crippen LogP contribution in [0.1, 0.15) is 59.1 Å². The van der Waals surface area contributed by atoms with Gasteiger partial charge in [-0.25, -0.2) is 0 Å². The zero-order valence-electron chi connectivity index (χ0n) is 13.8. The molecule has 118 valence electrons. The van der Waals surface area contributed by atoms with E-state index in [1.807, 2.05) is 58.9 Å². The highest BCUT2D eigenvalue weighted by molar-refractivity contribution is 5.76. The van der Waals surface area contributed by atoms with Crippen LogP contribution in [0.3, 0.4) is 0 Å². The Balaban J connectivity index is 2.67. The number of carbonyl (C=O) groups excluding carboxylic acids is 1. The van der Waals surface area contributed by atoms with E-state index in [0.717, 1.165) is 11.3 Å². The number of hydrogen-bond acceptors (Lipinski definition) is 3. The zero-order chi connectivity index (χ0) is 16.0. The van der Waals surface area contributed by atoms with Gasteiger partial charge in [0.25, 0.3) is 0 Å². The molecule has 1 rings (SSSR count). The maximum atomic E-state index is 12.0. The van der Waals surface area contributed by atoms with Crippen LogP contribution in [0.5, 0.6) is 5.75 Å². The van der Waals surface area contributed by atoms with Crippen LogP contribution in [0.2, 0.25) is 0 Å². The van der Waals surface area contributed by atoms with Crippen molar-refractivity contribution in [3.63, 3.8) is 0 Å². The predicted molar refractivity (Wildman–Crippen MR) is 86.3 cm³/mol. The fourth-order valence-corrected chi connectivity index (χ4v) is 2.03. The van der Waals surface area contributed by atoms with Crippen molar-refractivity contribution in [2.45, 2.75) is 65.1 Å². The van der Waals surface area contributed by atoms with Crippen LogP contribution in [-0.4, -0.2) is 17.6 Å². The first kappa shape index (κ1) is 17.5. The molecule has 1 amide bonds. The van der Waals surface area contributed by atoms with Crippen LogP contribution in [0.4, 0.5) is 0 Å². The Morgan fingerprint density at radius 3 is 2.48 bits per heavy atom. The van der Waals surface area contributed by atoms with Gasteiger partial charge in [-0.3, -0.25) is 4.79 Å². The summed E-state index contributed by atoms with van der Waals surface area (Å²) in [6.45, 7) is 9.80. The highest BCUT2D eigenvalue weighted by atomic mass is 16.5. The molecule has 0 aliphatic rings. The quantitative estimate of drug-likeness (QED) is 0.811. The standard InChI is InChI=1S/C17H28N2O2/c1-12(2)21-15-9-7-6-8-14(15)13(3)19-16(20)10-11-17(4,5)18/h6-9,12-13H,10-11,18H2,1-5H3,(H,19,20). The highest BCUT2D eigenvalue weighted by Crippen LogP contribution is 2.25. The Bertz CT molecular complexity index is 464. The van der Waals surface area contributed by atoms with Crippen molar-refractivity contribution in [2.24, 2.45) is 5.73 Å². The predicted octanol–water partition coefficient (Wildman–Crippen LogP) is 3.17. The number of carbonyl (C=O) groups is 1. The minimum absolute atomic E-state index is 0.0142. The van der Waals surface area contributed by atoms with Crippen molar-refractivity contribution in [3.05, 3.63) is 29.8 Å². The van der Waals surface area contributed by atoms with Gasteiger partial charge in [0.15, 0.2) is 0 Å². The van der Waals surface area contributed by atoms with Crippen LogP contribution in [0.15, 0.2) is 24.3 Å². The van der Waals surface area contributed by atoms with E-state index in [9.17, 15) is 4.79 Å². The second-order valence-corrected chi connectivity index (χ2v) is 6.48. The Kier molecular flexibility index (Phi) is 6.21. The Morgan fingerprint density at radius 2 is 1.90 bits per heavy atom. The van der Waals surface area contributed by atoms with E-state index >= 15 is 0 Å². The summed E-state index contributed by atoms with van der Waals surface area (Å²) in [5.41, 5.74) is 6.58. The van der Waals surface area contributed by atoms with Crippen molar-refractivity contribution in [3.8, 4) is 5.75 Å². The number of nitrogens with one attached hydrogen (secondary N) is 1. The van der Waals surface area contributed by atoms with Gasteiger partial charge in [0.2, 0.25) is 5.91 Å². The van der Waals surface area contributed by atoms with E-state index in [4.69, 9.17) is 10.5 Å². The summed E-state index contributed by atoms with van der Waals surface area (Å²) in [5, 5.41) is 3.01. The molecule has 1 aromatic rings. The number of hydrogen-bond donors (Lipinski definition) is 2. The molecule has 1 atom stereocenters. The molecule has 0 saturated heterocycles. The van der Waals surface area contributed by atoms with Gasteiger partial charge in [0.1, 0.15) is 5.75 Å². The molecule has 0 spiro atoms. The average Bonchev–Trinajstić information content (AvgIpc) is 2.35. The lowest BCUT2D eigenvalue weighted by Crippen LogP contribution is -2.35. The molecule has 3 N–H and O–H groups in total. The summed E-state index contributed by atoms with van der Waals surface area (Å²) < 4.78 is 5.79. The first-order chi connectivity index (χ1) is 9.69. The third kappa shape index (κ3) is 6.63. The molecule has 1 aromatic carbocycles. The van der Waals surface area contributed by atoms with Crippen LogP contribution in [0.25, 0.3) is 0 Å². The molecule has 1 unspecified atom stereocenters. The smallest absolute Gasteiger partial charge is 0.220 e. The van der Waals surface area contributed by atoms with E-state index in [-0.39, 0.29) is 23.6 Å². The Labute approximate surface area is 128 Å². The maximum absolute atomic E-state index is 12.0. The van der Waals surface area contributed by atoms with Crippen LogP contribution in [-0.2, 0) is 4.79 Å². The van der Waals surface area contributed by atoms with E-state index < -0.39 is 0 Å². The molecule has 4 heteroatoms. The summed E-state index contributed by atoms with van der Waals surface area (Å²) in [6, 6.07) is 7.71. The van der Waals surface area contributed by atoms with Crippen molar-refractivity contribution >= 4 is 5.91 Å². The van der Waals surface area contributed by atoms with Gasteiger partial charge in [0, 0.05) is 17.5 Å². The fourth-order valence-electron chi connectivity index (χ4n) is 2.03. The lowest BCUT2D eigenvalue weighted by molar-refractivity contribution is -0.122. The zero-order valence-corrected chi connectivity index (χ0v) is 13.8. The molecule has 0 aromatic heterocycles. The molecule has 0 heterocycles. The number of para-hydroxylation sites is 1. The van der Waals surface area contributed by atoms with Gasteiger partial charge in [-0.1, -0.05) is 18.2 Å². The third-order valence-electron chi connectivity index (χ3n) is 3.12. The van der Waals surface area contributed by atoms with Gasteiger partial charge in [-0.2, -0.15) is 0 Å². The highest BCUT2D eigenvalue weighted by Gasteiger charge is 2.17. The largest absolute Gasteiger partial charge is 0.491 e. The number of rotatable bonds is 7. The minimum atomic E-state index is -0.320. The molecule has 0 bridgehead atoms. The van der Waals surface area contributed by atoms with Crippen molar-refractivity contribution in [1.29, 1.82) is 0 Å². The number of ether oxygens (including phenoxy) is 1. The molecule has 0 aliphatic heterocycles. The summed E-state index contributed by atoms with van der Waals surface area (Å²) in [7, 11) is 0. The summed E-state index contributed by atoms with van der Waals surface area (Å²) >= 11 is 0. The number of benzene rings is 1. The van der Waals surface area contributed by atoms with Crippen LogP contribution in [0, 0.1) is 0 Å². The van der Waals surface area contributed by atoms with Crippen LogP contribution < -0.4 is 15.8 Å². The molecule has 21 heavy (non-hydrogen) atoms. The van der Waals surface area contributed by atoms with Crippen molar-refractivity contribution < 1.29 is 9.53 Å². The second kappa shape index (κ2) is 7.46. The van der Waals surface area contributed by atoms with E-state index in [1.54, 1.807) is 0 Å². The molecule has 4 nitrogen and oxygen atoms in total.